The van der Waals surface area contributed by atoms with E-state index in [0.717, 1.165) is 0 Å². The maximum absolute atomic E-state index is 13.9. The normalized spacial score (nSPS) is 25.2. The largest absolute Gasteiger partial charge is 0.356 e. The molecule has 1 aromatic carbocycles. The summed E-state index contributed by atoms with van der Waals surface area (Å²) in [6.45, 7) is 0.924. The quantitative estimate of drug-likeness (QED) is 0.813. The first-order chi connectivity index (χ1) is 8.18. The molecule has 17 heavy (non-hydrogen) atoms. The molecule has 1 fully saturated rings. The van der Waals surface area contributed by atoms with Crippen LogP contribution in [-0.4, -0.2) is 19.0 Å². The Morgan fingerprint density at radius 2 is 2.12 bits per heavy atom. The van der Waals surface area contributed by atoms with Crippen LogP contribution in [0.1, 0.15) is 24.8 Å². The van der Waals surface area contributed by atoms with Gasteiger partial charge in [0.05, 0.1) is 0 Å². The molecule has 0 bridgehead atoms. The van der Waals surface area contributed by atoms with Crippen molar-refractivity contribution in [3.8, 4) is 0 Å². The molecule has 4 heteroatoms. The summed E-state index contributed by atoms with van der Waals surface area (Å²) in [5.74, 6) is -0.205. The third-order valence-corrected chi connectivity index (χ3v) is 3.59. The topological polar surface area (TPSA) is 55.1 Å². The van der Waals surface area contributed by atoms with Crippen molar-refractivity contribution >= 4 is 5.91 Å². The number of carbonyl (C=O) groups is 1. The lowest BCUT2D eigenvalue weighted by atomic mass is 9.74. The molecule has 3 nitrogen and oxygen atoms in total. The van der Waals surface area contributed by atoms with Gasteiger partial charge in [-0.25, -0.2) is 4.39 Å². The van der Waals surface area contributed by atoms with Crippen LogP contribution in [0.3, 0.4) is 0 Å². The average Bonchev–Trinajstić information content (AvgIpc) is 2.53. The minimum absolute atomic E-state index is 0.0247. The van der Waals surface area contributed by atoms with E-state index in [2.05, 4.69) is 5.32 Å². The molecule has 0 spiro atoms. The van der Waals surface area contributed by atoms with Crippen molar-refractivity contribution < 1.29 is 9.18 Å². The fourth-order valence-corrected chi connectivity index (χ4v) is 2.48. The van der Waals surface area contributed by atoms with Crippen molar-refractivity contribution in [1.29, 1.82) is 0 Å². The number of hydrogen-bond acceptors (Lipinski definition) is 2. The van der Waals surface area contributed by atoms with E-state index in [1.54, 1.807) is 12.1 Å². The Bertz CT molecular complexity index is 422. The molecule has 1 aliphatic heterocycles. The molecular formula is C13H17FN2O. The van der Waals surface area contributed by atoms with Crippen LogP contribution in [-0.2, 0) is 10.2 Å². The predicted molar refractivity (Wildman–Crippen MR) is 64.0 cm³/mol. The summed E-state index contributed by atoms with van der Waals surface area (Å²) in [7, 11) is 0. The predicted octanol–water partition coefficient (Wildman–Crippen LogP) is 1.32. The van der Waals surface area contributed by atoms with Gasteiger partial charge < -0.3 is 11.1 Å². The second-order valence-electron chi connectivity index (χ2n) is 4.56. The van der Waals surface area contributed by atoms with Crippen molar-refractivity contribution in [3.63, 3.8) is 0 Å². The van der Waals surface area contributed by atoms with Gasteiger partial charge in [-0.3, -0.25) is 4.79 Å². The van der Waals surface area contributed by atoms with Crippen LogP contribution in [0.15, 0.2) is 24.3 Å². The molecule has 0 saturated carbocycles. The van der Waals surface area contributed by atoms with Crippen LogP contribution in [0.2, 0.25) is 0 Å². The van der Waals surface area contributed by atoms with Gasteiger partial charge in [0, 0.05) is 24.9 Å². The maximum atomic E-state index is 13.9. The monoisotopic (exact) mass is 236 g/mol. The van der Waals surface area contributed by atoms with Crippen LogP contribution in [0.5, 0.6) is 0 Å². The molecule has 3 N–H and O–H groups in total. The highest BCUT2D eigenvalue weighted by molar-refractivity contribution is 5.76. The van der Waals surface area contributed by atoms with E-state index in [-0.39, 0.29) is 11.7 Å². The van der Waals surface area contributed by atoms with E-state index in [1.807, 2.05) is 6.07 Å². The van der Waals surface area contributed by atoms with Crippen LogP contribution < -0.4 is 11.1 Å². The van der Waals surface area contributed by atoms with Gasteiger partial charge in [-0.2, -0.15) is 0 Å². The molecule has 1 heterocycles. The Kier molecular flexibility index (Phi) is 3.43. The highest BCUT2D eigenvalue weighted by atomic mass is 19.1. The van der Waals surface area contributed by atoms with E-state index in [1.165, 1.54) is 6.07 Å². The van der Waals surface area contributed by atoms with Crippen LogP contribution in [0.25, 0.3) is 0 Å². The van der Waals surface area contributed by atoms with Crippen molar-refractivity contribution in [2.45, 2.75) is 24.7 Å². The summed E-state index contributed by atoms with van der Waals surface area (Å²) < 4.78 is 13.9. The molecule has 0 aromatic heterocycles. The number of hydrogen-bond donors (Lipinski definition) is 2. The number of halogens is 1. The van der Waals surface area contributed by atoms with E-state index in [0.29, 0.717) is 37.9 Å². The molecule has 0 radical (unpaired) electrons. The van der Waals surface area contributed by atoms with Gasteiger partial charge in [0.1, 0.15) is 5.82 Å². The van der Waals surface area contributed by atoms with Gasteiger partial charge in [-0.1, -0.05) is 18.2 Å². The third-order valence-electron chi connectivity index (χ3n) is 3.59. The Morgan fingerprint density at radius 1 is 1.35 bits per heavy atom. The Labute approximate surface area is 100 Å². The number of nitrogens with two attached hydrogens (primary N) is 1. The van der Waals surface area contributed by atoms with E-state index in [9.17, 15) is 9.18 Å². The van der Waals surface area contributed by atoms with Crippen LogP contribution in [0.4, 0.5) is 4.39 Å². The molecule has 1 amide bonds. The standard InChI is InChI=1S/C13H17FN2O/c14-11-4-2-1-3-10(11)13(9-15)6-5-12(17)16-8-7-13/h1-4H,5-9,15H2,(H,16,17). The van der Waals surface area contributed by atoms with Gasteiger partial charge in [0.2, 0.25) is 5.91 Å². The van der Waals surface area contributed by atoms with Crippen molar-refractivity contribution in [3.05, 3.63) is 35.6 Å². The van der Waals surface area contributed by atoms with Gasteiger partial charge in [-0.05, 0) is 24.5 Å². The first kappa shape index (κ1) is 12.0. The summed E-state index contributed by atoms with van der Waals surface area (Å²) in [6.07, 6.45) is 1.71. The van der Waals surface area contributed by atoms with E-state index >= 15 is 0 Å². The SMILES string of the molecule is NCC1(c2ccccc2F)CCNC(=O)CC1. The zero-order valence-corrected chi connectivity index (χ0v) is 9.71. The maximum Gasteiger partial charge on any atom is 0.220 e. The van der Waals surface area contributed by atoms with Crippen LogP contribution >= 0.6 is 0 Å². The second-order valence-corrected chi connectivity index (χ2v) is 4.56. The summed E-state index contributed by atoms with van der Waals surface area (Å²) in [5, 5.41) is 2.81. The number of benzene rings is 1. The first-order valence-electron chi connectivity index (χ1n) is 5.90. The lowest BCUT2D eigenvalue weighted by molar-refractivity contribution is -0.120. The van der Waals surface area contributed by atoms with Gasteiger partial charge in [0.25, 0.3) is 0 Å². The molecule has 1 aromatic rings. The number of nitrogens with one attached hydrogen (secondary N) is 1. The number of rotatable bonds is 2. The van der Waals surface area contributed by atoms with Crippen LogP contribution in [0, 0.1) is 5.82 Å². The Morgan fingerprint density at radius 3 is 2.82 bits per heavy atom. The Hall–Kier alpha value is -1.42. The van der Waals surface area contributed by atoms with Gasteiger partial charge in [-0.15, -0.1) is 0 Å². The molecule has 1 aliphatic rings. The minimum atomic E-state index is -0.412. The number of carbonyl (C=O) groups excluding carboxylic acids is 1. The highest BCUT2D eigenvalue weighted by Gasteiger charge is 2.35. The summed E-state index contributed by atoms with van der Waals surface area (Å²) in [6, 6.07) is 6.71. The highest BCUT2D eigenvalue weighted by Crippen LogP contribution is 2.34. The smallest absolute Gasteiger partial charge is 0.220 e. The van der Waals surface area contributed by atoms with Gasteiger partial charge in [0.15, 0.2) is 0 Å². The Balaban J connectivity index is 2.36. The summed E-state index contributed by atoms with van der Waals surface area (Å²) in [5.41, 5.74) is 6.07. The third kappa shape index (κ3) is 2.31. The molecule has 1 atom stereocenters. The van der Waals surface area contributed by atoms with Crippen molar-refractivity contribution in [2.75, 3.05) is 13.1 Å². The second kappa shape index (κ2) is 4.84. The molecule has 92 valence electrons. The fraction of sp³-hybridized carbons (Fsp3) is 0.462. The number of amides is 1. The lowest BCUT2D eigenvalue weighted by Gasteiger charge is -2.31. The van der Waals surface area contributed by atoms with E-state index < -0.39 is 5.41 Å². The molecule has 2 rings (SSSR count). The summed E-state index contributed by atoms with van der Waals surface area (Å²) in [4.78, 5) is 11.4. The zero-order chi connectivity index (χ0) is 12.3. The van der Waals surface area contributed by atoms with Gasteiger partial charge >= 0.3 is 0 Å². The minimum Gasteiger partial charge on any atom is -0.356 e. The van der Waals surface area contributed by atoms with Crippen molar-refractivity contribution in [2.24, 2.45) is 5.73 Å². The van der Waals surface area contributed by atoms with E-state index in [4.69, 9.17) is 5.73 Å². The fourth-order valence-electron chi connectivity index (χ4n) is 2.48. The molecule has 0 aliphatic carbocycles. The molecular weight excluding hydrogens is 219 g/mol. The summed E-state index contributed by atoms with van der Waals surface area (Å²) >= 11 is 0. The molecule has 1 unspecified atom stereocenters. The van der Waals surface area contributed by atoms with Crippen molar-refractivity contribution in [1.82, 2.24) is 5.32 Å². The zero-order valence-electron chi connectivity index (χ0n) is 9.71. The first-order valence-corrected chi connectivity index (χ1v) is 5.90. The average molecular weight is 236 g/mol. The molecule has 1 saturated heterocycles. The lowest BCUT2D eigenvalue weighted by Crippen LogP contribution is -2.36.